The Morgan fingerprint density at radius 3 is 2.89 bits per heavy atom. The smallest absolute Gasteiger partial charge is 0.248 e. The van der Waals surface area contributed by atoms with Crippen LogP contribution in [0.2, 0.25) is 0 Å². The van der Waals surface area contributed by atoms with Gasteiger partial charge in [0.1, 0.15) is 6.04 Å². The molecule has 0 aliphatic rings. The van der Waals surface area contributed by atoms with Gasteiger partial charge in [-0.1, -0.05) is 11.2 Å². The minimum absolute atomic E-state index is 0.144. The van der Waals surface area contributed by atoms with Crippen LogP contribution in [0.25, 0.3) is 0 Å². The molecular formula is C12H14N4O2. The molecule has 18 heavy (non-hydrogen) atoms. The van der Waals surface area contributed by atoms with Crippen molar-refractivity contribution in [2.24, 2.45) is 5.73 Å². The van der Waals surface area contributed by atoms with Gasteiger partial charge in [0.05, 0.1) is 0 Å². The van der Waals surface area contributed by atoms with Crippen LogP contribution in [-0.4, -0.2) is 16.0 Å². The molecule has 6 nitrogen and oxygen atoms in total. The fourth-order valence-electron chi connectivity index (χ4n) is 1.56. The molecule has 0 aliphatic heterocycles. The lowest BCUT2D eigenvalue weighted by molar-refractivity contribution is 0.100. The second-order valence-electron chi connectivity index (χ2n) is 3.99. The molecule has 0 radical (unpaired) electrons. The van der Waals surface area contributed by atoms with Gasteiger partial charge in [0, 0.05) is 11.3 Å². The second-order valence-corrected chi connectivity index (χ2v) is 3.99. The number of carbonyl (C=O) groups excluding carboxylic acids is 1. The van der Waals surface area contributed by atoms with Crippen LogP contribution in [0.1, 0.15) is 35.0 Å². The first kappa shape index (κ1) is 12.1. The predicted molar refractivity (Wildman–Crippen MR) is 66.0 cm³/mol. The van der Waals surface area contributed by atoms with E-state index in [0.29, 0.717) is 17.3 Å². The summed E-state index contributed by atoms with van der Waals surface area (Å²) in [5.41, 5.74) is 6.45. The zero-order chi connectivity index (χ0) is 13.1. The molecule has 0 spiro atoms. The Labute approximate surface area is 104 Å². The van der Waals surface area contributed by atoms with Gasteiger partial charge in [-0.2, -0.15) is 4.98 Å². The van der Waals surface area contributed by atoms with E-state index in [0.717, 1.165) is 5.69 Å². The summed E-state index contributed by atoms with van der Waals surface area (Å²) in [5, 5.41) is 6.89. The average molecular weight is 246 g/mol. The molecule has 2 rings (SSSR count). The molecule has 0 unspecified atom stereocenters. The molecule has 0 aliphatic carbocycles. The van der Waals surface area contributed by atoms with Crippen LogP contribution in [0.15, 0.2) is 28.8 Å². The molecule has 2 aromatic rings. The summed E-state index contributed by atoms with van der Waals surface area (Å²) < 4.78 is 5.06. The maximum Gasteiger partial charge on any atom is 0.248 e. The van der Waals surface area contributed by atoms with E-state index in [1.54, 1.807) is 25.1 Å². The van der Waals surface area contributed by atoms with Crippen molar-refractivity contribution in [3.63, 3.8) is 0 Å². The van der Waals surface area contributed by atoms with Gasteiger partial charge in [0.15, 0.2) is 5.82 Å². The molecule has 1 atom stereocenters. The van der Waals surface area contributed by atoms with Crippen LogP contribution in [0.5, 0.6) is 0 Å². The zero-order valence-corrected chi connectivity index (χ0v) is 10.2. The normalized spacial score (nSPS) is 12.1. The Balaban J connectivity index is 2.14. The van der Waals surface area contributed by atoms with Crippen molar-refractivity contribution in [3.8, 4) is 0 Å². The third-order valence-electron chi connectivity index (χ3n) is 2.44. The Bertz CT molecular complexity index is 565. The maximum atomic E-state index is 11.1. The van der Waals surface area contributed by atoms with Crippen molar-refractivity contribution < 1.29 is 9.32 Å². The quantitative estimate of drug-likeness (QED) is 0.855. The fourth-order valence-corrected chi connectivity index (χ4v) is 1.56. The summed E-state index contributed by atoms with van der Waals surface area (Å²) >= 11 is 0. The fraction of sp³-hybridized carbons (Fsp3) is 0.250. The van der Waals surface area contributed by atoms with E-state index in [2.05, 4.69) is 15.5 Å². The number of aromatic nitrogens is 2. The van der Waals surface area contributed by atoms with E-state index in [9.17, 15) is 4.79 Å². The van der Waals surface area contributed by atoms with E-state index in [-0.39, 0.29) is 6.04 Å². The van der Waals surface area contributed by atoms with E-state index in [1.807, 2.05) is 13.0 Å². The summed E-state index contributed by atoms with van der Waals surface area (Å²) in [4.78, 5) is 15.2. The standard InChI is InChI=1S/C12H14N4O2/c1-7(12-15-8(2)16-18-12)14-10-5-3-4-9(6-10)11(13)17/h3-7,14H,1-2H3,(H2,13,17)/t7-/m1/s1. The van der Waals surface area contributed by atoms with Gasteiger partial charge in [-0.15, -0.1) is 0 Å². The summed E-state index contributed by atoms with van der Waals surface area (Å²) in [5.74, 6) is 0.626. The SMILES string of the molecule is Cc1noc([C@@H](C)Nc2cccc(C(N)=O)c2)n1. The molecule has 3 N–H and O–H groups in total. The third kappa shape index (κ3) is 2.65. The summed E-state index contributed by atoms with van der Waals surface area (Å²) in [6.07, 6.45) is 0. The number of nitrogens with two attached hydrogens (primary N) is 1. The zero-order valence-electron chi connectivity index (χ0n) is 10.2. The van der Waals surface area contributed by atoms with Crippen molar-refractivity contribution >= 4 is 11.6 Å². The Kier molecular flexibility index (Phi) is 3.27. The maximum absolute atomic E-state index is 11.1. The third-order valence-corrected chi connectivity index (χ3v) is 2.44. The number of anilines is 1. The molecule has 1 heterocycles. The minimum Gasteiger partial charge on any atom is -0.374 e. The number of nitrogens with zero attached hydrogens (tertiary/aromatic N) is 2. The van der Waals surface area contributed by atoms with Gasteiger partial charge in [-0.25, -0.2) is 0 Å². The lowest BCUT2D eigenvalue weighted by Crippen LogP contribution is -2.12. The summed E-state index contributed by atoms with van der Waals surface area (Å²) in [6.45, 7) is 3.65. The Hall–Kier alpha value is -2.37. The monoisotopic (exact) mass is 246 g/mol. The highest BCUT2D eigenvalue weighted by Gasteiger charge is 2.12. The molecule has 1 aromatic carbocycles. The molecule has 6 heteroatoms. The van der Waals surface area contributed by atoms with Crippen LogP contribution in [0.4, 0.5) is 5.69 Å². The molecular weight excluding hydrogens is 232 g/mol. The summed E-state index contributed by atoms with van der Waals surface area (Å²) in [6, 6.07) is 6.80. The highest BCUT2D eigenvalue weighted by molar-refractivity contribution is 5.93. The number of carbonyl (C=O) groups is 1. The largest absolute Gasteiger partial charge is 0.374 e. The number of hydrogen-bond donors (Lipinski definition) is 2. The summed E-state index contributed by atoms with van der Waals surface area (Å²) in [7, 11) is 0. The van der Waals surface area contributed by atoms with Crippen molar-refractivity contribution in [1.82, 2.24) is 10.1 Å². The van der Waals surface area contributed by atoms with Gasteiger partial charge >= 0.3 is 0 Å². The van der Waals surface area contributed by atoms with E-state index in [1.165, 1.54) is 0 Å². The number of benzene rings is 1. The highest BCUT2D eigenvalue weighted by Crippen LogP contribution is 2.18. The minimum atomic E-state index is -0.458. The molecule has 0 saturated heterocycles. The van der Waals surface area contributed by atoms with Crippen molar-refractivity contribution in [1.29, 1.82) is 0 Å². The molecule has 1 amide bonds. The lowest BCUT2D eigenvalue weighted by atomic mass is 10.2. The topological polar surface area (TPSA) is 94.0 Å². The molecule has 1 aromatic heterocycles. The van der Waals surface area contributed by atoms with Gasteiger partial charge in [-0.3, -0.25) is 4.79 Å². The van der Waals surface area contributed by atoms with Gasteiger partial charge in [0.2, 0.25) is 11.8 Å². The first-order valence-electron chi connectivity index (χ1n) is 5.53. The average Bonchev–Trinajstić information content (AvgIpc) is 2.76. The predicted octanol–water partition coefficient (Wildman–Crippen LogP) is 1.65. The number of nitrogens with one attached hydrogen (secondary N) is 1. The van der Waals surface area contributed by atoms with Crippen molar-refractivity contribution in [2.75, 3.05) is 5.32 Å². The van der Waals surface area contributed by atoms with Crippen molar-refractivity contribution in [2.45, 2.75) is 19.9 Å². The van der Waals surface area contributed by atoms with Gasteiger partial charge in [-0.05, 0) is 32.0 Å². The van der Waals surface area contributed by atoms with E-state index < -0.39 is 5.91 Å². The van der Waals surface area contributed by atoms with E-state index >= 15 is 0 Å². The number of rotatable bonds is 4. The first-order chi connectivity index (χ1) is 8.56. The van der Waals surface area contributed by atoms with Gasteiger partial charge < -0.3 is 15.6 Å². The molecule has 0 fully saturated rings. The number of hydrogen-bond acceptors (Lipinski definition) is 5. The number of amides is 1. The van der Waals surface area contributed by atoms with Crippen LogP contribution >= 0.6 is 0 Å². The van der Waals surface area contributed by atoms with Crippen LogP contribution in [-0.2, 0) is 0 Å². The van der Waals surface area contributed by atoms with Crippen molar-refractivity contribution in [3.05, 3.63) is 41.5 Å². The second kappa shape index (κ2) is 4.87. The molecule has 0 bridgehead atoms. The Morgan fingerprint density at radius 2 is 2.28 bits per heavy atom. The van der Waals surface area contributed by atoms with Crippen LogP contribution < -0.4 is 11.1 Å². The number of primary amides is 1. The van der Waals surface area contributed by atoms with Gasteiger partial charge in [0.25, 0.3) is 0 Å². The number of aryl methyl sites for hydroxylation is 1. The molecule has 94 valence electrons. The van der Waals surface area contributed by atoms with Crippen LogP contribution in [0.3, 0.4) is 0 Å². The van der Waals surface area contributed by atoms with Crippen LogP contribution in [0, 0.1) is 6.92 Å². The van der Waals surface area contributed by atoms with E-state index in [4.69, 9.17) is 10.3 Å². The lowest BCUT2D eigenvalue weighted by Gasteiger charge is -2.11. The molecule has 0 saturated carbocycles. The first-order valence-corrected chi connectivity index (χ1v) is 5.53. The highest BCUT2D eigenvalue weighted by atomic mass is 16.5. The Morgan fingerprint density at radius 1 is 1.50 bits per heavy atom.